The molecule has 0 saturated carbocycles. The van der Waals surface area contributed by atoms with Crippen molar-refractivity contribution in [3.05, 3.63) is 41.7 Å². The van der Waals surface area contributed by atoms with Crippen molar-refractivity contribution in [2.24, 2.45) is 0 Å². The van der Waals surface area contributed by atoms with Gasteiger partial charge in [0.1, 0.15) is 23.6 Å². The highest BCUT2D eigenvalue weighted by atomic mass is 19.4. The van der Waals surface area contributed by atoms with Gasteiger partial charge >= 0.3 is 12.1 Å². The molecular weight excluding hydrogens is 329 g/mol. The molecule has 0 aliphatic heterocycles. The first-order chi connectivity index (χ1) is 11.3. The van der Waals surface area contributed by atoms with Crippen molar-refractivity contribution in [3.63, 3.8) is 0 Å². The van der Waals surface area contributed by atoms with Gasteiger partial charge in [0.05, 0.1) is 0 Å². The predicted molar refractivity (Wildman–Crippen MR) is 76.0 cm³/mol. The maximum absolute atomic E-state index is 12.1. The number of alkyl halides is 3. The average molecular weight is 342 g/mol. The summed E-state index contributed by atoms with van der Waals surface area (Å²) in [6.07, 6.45) is -4.54. The number of hydrogen-bond donors (Lipinski definition) is 1. The van der Waals surface area contributed by atoms with Crippen molar-refractivity contribution in [1.82, 2.24) is 10.5 Å². The summed E-state index contributed by atoms with van der Waals surface area (Å²) in [4.78, 5) is 23.4. The molecule has 1 amide bonds. The number of halogens is 3. The summed E-state index contributed by atoms with van der Waals surface area (Å²) >= 11 is 0. The number of rotatable bonds is 5. The number of esters is 1. The van der Waals surface area contributed by atoms with Crippen LogP contribution in [0.5, 0.6) is 0 Å². The molecule has 6 nitrogen and oxygen atoms in total. The maximum atomic E-state index is 12.1. The number of aryl methyl sites for hydroxylation is 1. The Kier molecular flexibility index (Phi) is 5.22. The van der Waals surface area contributed by atoms with Crippen LogP contribution >= 0.6 is 0 Å². The molecule has 0 aliphatic rings. The largest absolute Gasteiger partial charge is 0.452 e. The van der Waals surface area contributed by atoms with Gasteiger partial charge in [-0.05, 0) is 6.92 Å². The molecule has 1 N–H and O–H groups in total. The quantitative estimate of drug-likeness (QED) is 0.844. The van der Waals surface area contributed by atoms with Crippen molar-refractivity contribution >= 4 is 11.9 Å². The smallest absolute Gasteiger partial charge is 0.405 e. The van der Waals surface area contributed by atoms with Crippen molar-refractivity contribution in [2.45, 2.75) is 13.1 Å². The highest BCUT2D eigenvalue weighted by Crippen LogP contribution is 2.25. The van der Waals surface area contributed by atoms with Gasteiger partial charge in [0.15, 0.2) is 6.61 Å². The molecule has 0 atom stereocenters. The Labute approximate surface area is 134 Å². The third kappa shape index (κ3) is 4.58. The minimum atomic E-state index is -4.54. The van der Waals surface area contributed by atoms with E-state index in [1.165, 1.54) is 6.92 Å². The lowest BCUT2D eigenvalue weighted by atomic mass is 10.1. The average Bonchev–Trinajstić information content (AvgIpc) is 2.92. The molecule has 0 unspecified atom stereocenters. The highest BCUT2D eigenvalue weighted by Gasteiger charge is 2.28. The minimum Gasteiger partial charge on any atom is -0.452 e. The normalized spacial score (nSPS) is 11.2. The van der Waals surface area contributed by atoms with Crippen LogP contribution in [0.15, 0.2) is 34.9 Å². The van der Waals surface area contributed by atoms with Crippen LogP contribution in [0.1, 0.15) is 16.1 Å². The lowest BCUT2D eigenvalue weighted by Crippen LogP contribution is -2.36. The van der Waals surface area contributed by atoms with Gasteiger partial charge in [0.2, 0.25) is 0 Å². The molecule has 128 valence electrons. The van der Waals surface area contributed by atoms with E-state index in [0.29, 0.717) is 5.56 Å². The first-order valence-corrected chi connectivity index (χ1v) is 6.80. The van der Waals surface area contributed by atoms with Crippen LogP contribution in [0.4, 0.5) is 13.2 Å². The topological polar surface area (TPSA) is 81.4 Å². The Bertz CT molecular complexity index is 726. The van der Waals surface area contributed by atoms with E-state index in [0.717, 1.165) is 0 Å². The van der Waals surface area contributed by atoms with Crippen molar-refractivity contribution < 1.29 is 32.0 Å². The lowest BCUT2D eigenvalue weighted by Gasteiger charge is -2.09. The number of hydrogen-bond acceptors (Lipinski definition) is 5. The molecular formula is C15H13F3N2O4. The molecule has 1 heterocycles. The van der Waals surface area contributed by atoms with Crippen LogP contribution in [0, 0.1) is 6.92 Å². The number of ether oxygens (including phenoxy) is 1. The maximum Gasteiger partial charge on any atom is 0.405 e. The Morgan fingerprint density at radius 1 is 1.25 bits per heavy atom. The third-order valence-electron chi connectivity index (χ3n) is 2.93. The van der Waals surface area contributed by atoms with E-state index in [1.807, 2.05) is 0 Å². The molecule has 1 aromatic carbocycles. The van der Waals surface area contributed by atoms with E-state index in [-0.39, 0.29) is 17.0 Å². The molecule has 9 heteroatoms. The second kappa shape index (κ2) is 7.16. The standard InChI is InChI=1S/C15H13F3N2O4/c1-9-12(13(20-24-9)10-5-3-2-4-6-10)14(22)23-7-11(21)19-8-15(16,17)18/h2-6H,7-8H2,1H3,(H,19,21). The zero-order valence-corrected chi connectivity index (χ0v) is 12.5. The molecule has 1 aromatic heterocycles. The summed E-state index contributed by atoms with van der Waals surface area (Å²) in [6, 6.07) is 8.64. The summed E-state index contributed by atoms with van der Waals surface area (Å²) < 4.78 is 45.7. The number of carbonyl (C=O) groups is 2. The van der Waals surface area contributed by atoms with Gasteiger partial charge in [0, 0.05) is 5.56 Å². The van der Waals surface area contributed by atoms with Gasteiger partial charge < -0.3 is 14.6 Å². The summed E-state index contributed by atoms with van der Waals surface area (Å²) in [5.41, 5.74) is 0.849. The fraction of sp³-hybridized carbons (Fsp3) is 0.267. The molecule has 0 fully saturated rings. The van der Waals surface area contributed by atoms with Crippen LogP contribution in [0.3, 0.4) is 0 Å². The zero-order valence-electron chi connectivity index (χ0n) is 12.5. The van der Waals surface area contributed by atoms with E-state index in [2.05, 4.69) is 5.16 Å². The van der Waals surface area contributed by atoms with Crippen molar-refractivity contribution in [3.8, 4) is 11.3 Å². The van der Waals surface area contributed by atoms with Gasteiger partial charge in [-0.3, -0.25) is 4.79 Å². The molecule has 0 bridgehead atoms. The lowest BCUT2D eigenvalue weighted by molar-refractivity contribution is -0.140. The fourth-order valence-corrected chi connectivity index (χ4v) is 1.86. The zero-order chi connectivity index (χ0) is 17.7. The fourth-order valence-electron chi connectivity index (χ4n) is 1.86. The van der Waals surface area contributed by atoms with Crippen LogP contribution in [-0.2, 0) is 9.53 Å². The first-order valence-electron chi connectivity index (χ1n) is 6.80. The molecule has 0 spiro atoms. The van der Waals surface area contributed by atoms with Gasteiger partial charge in [-0.2, -0.15) is 13.2 Å². The number of amides is 1. The molecule has 2 rings (SSSR count). The van der Waals surface area contributed by atoms with Crippen LogP contribution in [0.2, 0.25) is 0 Å². The molecule has 2 aromatic rings. The summed E-state index contributed by atoms with van der Waals surface area (Å²) in [5.74, 6) is -1.79. The third-order valence-corrected chi connectivity index (χ3v) is 2.93. The Hall–Kier alpha value is -2.84. The molecule has 0 aliphatic carbocycles. The Morgan fingerprint density at radius 2 is 1.92 bits per heavy atom. The van der Waals surface area contributed by atoms with E-state index in [1.54, 1.807) is 35.6 Å². The van der Waals surface area contributed by atoms with E-state index in [9.17, 15) is 22.8 Å². The van der Waals surface area contributed by atoms with Crippen LogP contribution < -0.4 is 5.32 Å². The van der Waals surface area contributed by atoms with E-state index in [4.69, 9.17) is 9.26 Å². The number of nitrogens with zero attached hydrogens (tertiary/aromatic N) is 1. The van der Waals surface area contributed by atoms with E-state index < -0.39 is 31.2 Å². The minimum absolute atomic E-state index is 0.0184. The monoisotopic (exact) mass is 342 g/mol. The number of aromatic nitrogens is 1. The van der Waals surface area contributed by atoms with E-state index >= 15 is 0 Å². The summed E-state index contributed by atoms with van der Waals surface area (Å²) in [6.45, 7) is -0.849. The number of benzene rings is 1. The molecule has 0 radical (unpaired) electrons. The first kappa shape index (κ1) is 17.5. The van der Waals surface area contributed by atoms with Gasteiger partial charge in [-0.25, -0.2) is 4.79 Å². The summed E-state index contributed by atoms with van der Waals surface area (Å²) in [5, 5.41) is 5.38. The highest BCUT2D eigenvalue weighted by molar-refractivity contribution is 5.98. The second-order valence-electron chi connectivity index (χ2n) is 4.80. The Morgan fingerprint density at radius 3 is 2.54 bits per heavy atom. The second-order valence-corrected chi connectivity index (χ2v) is 4.80. The van der Waals surface area contributed by atoms with Crippen LogP contribution in [0.25, 0.3) is 11.3 Å². The summed E-state index contributed by atoms with van der Waals surface area (Å²) in [7, 11) is 0. The Balaban J connectivity index is 2.03. The van der Waals surface area contributed by atoms with Crippen molar-refractivity contribution in [1.29, 1.82) is 0 Å². The van der Waals surface area contributed by atoms with Crippen LogP contribution in [-0.4, -0.2) is 36.4 Å². The SMILES string of the molecule is Cc1onc(-c2ccccc2)c1C(=O)OCC(=O)NCC(F)(F)F. The number of nitrogens with one attached hydrogen (secondary N) is 1. The molecule has 0 saturated heterocycles. The van der Waals surface area contributed by atoms with Gasteiger partial charge in [-0.1, -0.05) is 35.5 Å². The number of carbonyl (C=O) groups excluding carboxylic acids is 2. The predicted octanol–water partition coefficient (Wildman–Crippen LogP) is 2.49. The van der Waals surface area contributed by atoms with Gasteiger partial charge in [0.25, 0.3) is 5.91 Å². The molecule has 24 heavy (non-hydrogen) atoms. The van der Waals surface area contributed by atoms with Gasteiger partial charge in [-0.15, -0.1) is 0 Å². The van der Waals surface area contributed by atoms with Crippen molar-refractivity contribution in [2.75, 3.05) is 13.2 Å².